The van der Waals surface area contributed by atoms with Gasteiger partial charge in [-0.15, -0.1) is 0 Å². The van der Waals surface area contributed by atoms with Crippen molar-refractivity contribution in [2.24, 2.45) is 5.41 Å². The number of hydrogen-bond acceptors (Lipinski definition) is 5. The molecule has 1 atom stereocenters. The number of hydrogen-bond donors (Lipinski definition) is 2. The summed E-state index contributed by atoms with van der Waals surface area (Å²) in [5.41, 5.74) is 2.60. The quantitative estimate of drug-likeness (QED) is 0.883. The van der Waals surface area contributed by atoms with Crippen LogP contribution in [0, 0.1) is 16.7 Å². The normalized spacial score (nSPS) is 20.1. The minimum absolute atomic E-state index is 0.115. The topological polar surface area (TPSA) is 93.0 Å². The fraction of sp³-hybridized carbons (Fsp3) is 0.500. The van der Waals surface area contributed by atoms with Crippen molar-refractivity contribution in [1.29, 1.82) is 5.26 Å². The molecule has 0 aromatic carbocycles. The van der Waals surface area contributed by atoms with Gasteiger partial charge in [0.25, 0.3) is 5.56 Å². The van der Waals surface area contributed by atoms with Crippen molar-refractivity contribution in [2.45, 2.75) is 38.7 Å². The van der Waals surface area contributed by atoms with Gasteiger partial charge in [0, 0.05) is 13.1 Å². The van der Waals surface area contributed by atoms with E-state index in [1.54, 1.807) is 19.1 Å². The zero-order chi connectivity index (χ0) is 16.9. The van der Waals surface area contributed by atoms with E-state index in [1.807, 2.05) is 0 Å². The first-order valence-electron chi connectivity index (χ1n) is 8.43. The molecule has 2 aliphatic rings. The zero-order valence-corrected chi connectivity index (χ0v) is 13.7. The molecule has 2 aromatic rings. The van der Waals surface area contributed by atoms with Crippen molar-refractivity contribution < 1.29 is 5.11 Å². The van der Waals surface area contributed by atoms with Crippen LogP contribution in [-0.4, -0.2) is 28.2 Å². The third-order valence-electron chi connectivity index (χ3n) is 5.49. The molecule has 4 rings (SSSR count). The summed E-state index contributed by atoms with van der Waals surface area (Å²) < 4.78 is 0. The number of aliphatic hydroxyl groups is 1. The molecule has 2 fully saturated rings. The van der Waals surface area contributed by atoms with Gasteiger partial charge < -0.3 is 15.0 Å². The van der Waals surface area contributed by atoms with Crippen LogP contribution >= 0.6 is 0 Å². The average molecular weight is 324 g/mol. The molecule has 0 radical (unpaired) electrons. The largest absolute Gasteiger partial charge is 0.387 e. The number of H-pyrrole nitrogens is 1. The van der Waals surface area contributed by atoms with E-state index in [2.05, 4.69) is 20.9 Å². The van der Waals surface area contributed by atoms with Gasteiger partial charge in [0.05, 0.1) is 23.0 Å². The zero-order valence-electron chi connectivity index (χ0n) is 13.7. The lowest BCUT2D eigenvalue weighted by molar-refractivity contribution is 0.195. The first kappa shape index (κ1) is 15.2. The fourth-order valence-corrected chi connectivity index (χ4v) is 3.69. The number of anilines is 1. The Kier molecular flexibility index (Phi) is 3.36. The predicted molar refractivity (Wildman–Crippen MR) is 90.8 cm³/mol. The minimum atomic E-state index is -0.698. The number of rotatable bonds is 2. The van der Waals surface area contributed by atoms with Gasteiger partial charge in [0.2, 0.25) is 0 Å². The third-order valence-corrected chi connectivity index (χ3v) is 5.49. The smallest absolute Gasteiger partial charge is 0.268 e. The van der Waals surface area contributed by atoms with Crippen LogP contribution in [0.3, 0.4) is 0 Å². The van der Waals surface area contributed by atoms with Crippen LogP contribution < -0.4 is 10.5 Å². The predicted octanol–water partition coefficient (Wildman–Crippen LogP) is 2.23. The Morgan fingerprint density at radius 1 is 1.33 bits per heavy atom. The Hall–Kier alpha value is -2.39. The second kappa shape index (κ2) is 5.32. The molecule has 0 bridgehead atoms. The molecule has 6 heteroatoms. The molecular formula is C18H20N4O2. The summed E-state index contributed by atoms with van der Waals surface area (Å²) in [6.45, 7) is 3.34. The fourth-order valence-electron chi connectivity index (χ4n) is 3.69. The van der Waals surface area contributed by atoms with Crippen LogP contribution in [-0.2, 0) is 0 Å². The van der Waals surface area contributed by atoms with Crippen molar-refractivity contribution in [3.05, 3.63) is 33.7 Å². The van der Waals surface area contributed by atoms with Gasteiger partial charge in [-0.25, -0.2) is 4.98 Å². The maximum atomic E-state index is 12.3. The number of pyridine rings is 2. The highest BCUT2D eigenvalue weighted by atomic mass is 16.3. The molecule has 1 aliphatic carbocycles. The summed E-state index contributed by atoms with van der Waals surface area (Å²) in [6.07, 6.45) is 4.10. The highest BCUT2D eigenvalue weighted by Crippen LogP contribution is 2.54. The van der Waals surface area contributed by atoms with E-state index in [0.29, 0.717) is 27.8 Å². The Balaban J connectivity index is 1.88. The Morgan fingerprint density at radius 3 is 2.62 bits per heavy atom. The number of aliphatic hydroxyl groups excluding tert-OH is 1. The van der Waals surface area contributed by atoms with E-state index >= 15 is 0 Å². The second-order valence-electron chi connectivity index (χ2n) is 7.08. The maximum Gasteiger partial charge on any atom is 0.268 e. The highest BCUT2D eigenvalue weighted by Gasteiger charge is 2.44. The van der Waals surface area contributed by atoms with Crippen molar-refractivity contribution >= 4 is 16.7 Å². The van der Waals surface area contributed by atoms with Gasteiger partial charge in [0.15, 0.2) is 0 Å². The number of fused-ring (bicyclic) bond motifs is 1. The molecule has 0 amide bonds. The summed E-state index contributed by atoms with van der Waals surface area (Å²) >= 11 is 0. The van der Waals surface area contributed by atoms with Gasteiger partial charge in [-0.1, -0.05) is 0 Å². The van der Waals surface area contributed by atoms with Crippen LogP contribution in [0.2, 0.25) is 0 Å². The lowest BCUT2D eigenvalue weighted by Crippen LogP contribution is -2.36. The molecular weight excluding hydrogens is 304 g/mol. The molecule has 2 N–H and O–H groups in total. The van der Waals surface area contributed by atoms with E-state index in [4.69, 9.17) is 0 Å². The van der Waals surface area contributed by atoms with Crippen molar-refractivity contribution in [3.8, 4) is 6.07 Å². The summed E-state index contributed by atoms with van der Waals surface area (Å²) in [5, 5.41) is 19.3. The molecule has 0 unspecified atom stereocenters. The average Bonchev–Trinajstić information content (AvgIpc) is 3.33. The van der Waals surface area contributed by atoms with Crippen molar-refractivity contribution in [3.63, 3.8) is 0 Å². The van der Waals surface area contributed by atoms with Crippen LogP contribution in [0.25, 0.3) is 11.0 Å². The molecule has 1 saturated heterocycles. The monoisotopic (exact) mass is 324 g/mol. The number of piperidine rings is 1. The molecule has 6 nitrogen and oxygen atoms in total. The van der Waals surface area contributed by atoms with Crippen LogP contribution in [0.5, 0.6) is 0 Å². The van der Waals surface area contributed by atoms with Crippen LogP contribution in [0.1, 0.15) is 50.0 Å². The molecule has 24 heavy (non-hydrogen) atoms. The third kappa shape index (κ3) is 2.36. The van der Waals surface area contributed by atoms with Gasteiger partial charge in [-0.05, 0) is 50.2 Å². The van der Waals surface area contributed by atoms with E-state index in [0.717, 1.165) is 25.9 Å². The SMILES string of the molecule is C[C@@H](O)c1ccc2[nH]c(=O)c(C#N)c(N3CCC4(CC3)CC4)c2n1. The number of nitriles is 1. The number of nitrogens with zero attached hydrogens (tertiary/aromatic N) is 3. The van der Waals surface area contributed by atoms with Gasteiger partial charge in [-0.2, -0.15) is 5.26 Å². The summed E-state index contributed by atoms with van der Waals surface area (Å²) in [7, 11) is 0. The van der Waals surface area contributed by atoms with Gasteiger partial charge >= 0.3 is 0 Å². The van der Waals surface area contributed by atoms with E-state index in [-0.39, 0.29) is 11.1 Å². The summed E-state index contributed by atoms with van der Waals surface area (Å²) in [6, 6.07) is 5.51. The first-order chi connectivity index (χ1) is 11.5. The Bertz CT molecular complexity index is 896. The van der Waals surface area contributed by atoms with E-state index in [1.165, 1.54) is 12.8 Å². The van der Waals surface area contributed by atoms with Crippen LogP contribution in [0.15, 0.2) is 16.9 Å². The van der Waals surface area contributed by atoms with E-state index < -0.39 is 6.10 Å². The molecule has 1 aliphatic heterocycles. The summed E-state index contributed by atoms with van der Waals surface area (Å²) in [5.74, 6) is 0. The molecule has 2 aromatic heterocycles. The van der Waals surface area contributed by atoms with Gasteiger partial charge in [0.1, 0.15) is 17.1 Å². The molecule has 124 valence electrons. The number of aromatic nitrogens is 2. The minimum Gasteiger partial charge on any atom is -0.387 e. The second-order valence-corrected chi connectivity index (χ2v) is 7.08. The Labute approximate surface area is 139 Å². The van der Waals surface area contributed by atoms with Crippen molar-refractivity contribution in [2.75, 3.05) is 18.0 Å². The molecule has 1 spiro atoms. The lowest BCUT2D eigenvalue weighted by Gasteiger charge is -2.34. The number of aromatic amines is 1. The highest BCUT2D eigenvalue weighted by molar-refractivity contribution is 5.91. The lowest BCUT2D eigenvalue weighted by atomic mass is 9.93. The number of nitrogens with one attached hydrogen (secondary N) is 1. The standard InChI is InChI=1S/C18H20N4O2/c1-11(23)13-2-3-14-15(20-13)16(12(10-19)17(24)21-14)22-8-6-18(4-5-18)7-9-22/h2-3,11,23H,4-9H2,1H3,(H,21,24)/t11-/m1/s1. The molecule has 3 heterocycles. The Morgan fingerprint density at radius 2 is 2.04 bits per heavy atom. The molecule has 1 saturated carbocycles. The van der Waals surface area contributed by atoms with Crippen LogP contribution in [0.4, 0.5) is 5.69 Å². The summed E-state index contributed by atoms with van der Waals surface area (Å²) in [4.78, 5) is 21.7. The van der Waals surface area contributed by atoms with Gasteiger partial charge in [-0.3, -0.25) is 4.79 Å². The first-order valence-corrected chi connectivity index (χ1v) is 8.43. The maximum absolute atomic E-state index is 12.3. The van der Waals surface area contributed by atoms with E-state index in [9.17, 15) is 15.2 Å². The van der Waals surface area contributed by atoms with Crippen molar-refractivity contribution in [1.82, 2.24) is 9.97 Å².